The van der Waals surface area contributed by atoms with Crippen LogP contribution in [0.3, 0.4) is 0 Å². The second-order valence-corrected chi connectivity index (χ2v) is 7.81. The van der Waals surface area contributed by atoms with Crippen LogP contribution < -0.4 is 0 Å². The molecule has 1 aliphatic heterocycles. The third kappa shape index (κ3) is 4.43. The predicted octanol–water partition coefficient (Wildman–Crippen LogP) is 5.47. The molecule has 0 radical (unpaired) electrons. The van der Waals surface area contributed by atoms with Crippen LogP contribution in [0.25, 0.3) is 11.1 Å². The van der Waals surface area contributed by atoms with Gasteiger partial charge in [0.05, 0.1) is 0 Å². The Bertz CT molecular complexity index is 999. The van der Waals surface area contributed by atoms with E-state index in [-0.39, 0.29) is 24.5 Å². The molecule has 1 saturated heterocycles. The van der Waals surface area contributed by atoms with Crippen molar-refractivity contribution in [2.45, 2.75) is 32.4 Å². The molecule has 1 aliphatic rings. The third-order valence-electron chi connectivity index (χ3n) is 5.58. The van der Waals surface area contributed by atoms with E-state index in [1.807, 2.05) is 55.5 Å². The normalized spacial score (nSPS) is 18.4. The molecule has 4 nitrogen and oxygen atoms in total. The van der Waals surface area contributed by atoms with E-state index in [0.29, 0.717) is 12.8 Å². The van der Waals surface area contributed by atoms with Gasteiger partial charge in [-0.3, -0.25) is 4.79 Å². The fourth-order valence-corrected chi connectivity index (χ4v) is 3.97. The van der Waals surface area contributed by atoms with Crippen LogP contribution in [0.1, 0.15) is 24.5 Å². The molecule has 4 rings (SSSR count). The number of carbonyl (C=O) groups excluding carboxylic acids is 2. The minimum atomic E-state index is -0.556. The highest BCUT2D eigenvalue weighted by Gasteiger charge is 2.41. The Hall–Kier alpha value is -3.40. The number of nitrogens with zero attached hydrogens (tertiary/aromatic N) is 1. The number of amides is 2. The summed E-state index contributed by atoms with van der Waals surface area (Å²) in [7, 11) is 0. The summed E-state index contributed by atoms with van der Waals surface area (Å²) in [5, 5.41) is 0. The van der Waals surface area contributed by atoms with Crippen LogP contribution >= 0.6 is 0 Å². The first kappa shape index (κ1) is 19.9. The molecule has 152 valence electrons. The minimum Gasteiger partial charge on any atom is -0.444 e. The fraction of sp³-hybridized carbons (Fsp3) is 0.231. The van der Waals surface area contributed by atoms with Crippen molar-refractivity contribution in [3.8, 4) is 11.1 Å². The van der Waals surface area contributed by atoms with E-state index in [9.17, 15) is 9.59 Å². The Balaban J connectivity index is 1.44. The van der Waals surface area contributed by atoms with Gasteiger partial charge >= 0.3 is 6.09 Å². The molecule has 0 N–H and O–H groups in total. The maximum Gasteiger partial charge on any atom is 0.417 e. The third-order valence-corrected chi connectivity index (χ3v) is 5.58. The molecule has 3 aromatic carbocycles. The summed E-state index contributed by atoms with van der Waals surface area (Å²) in [6, 6.07) is 27.8. The van der Waals surface area contributed by atoms with Crippen molar-refractivity contribution in [2.75, 3.05) is 0 Å². The average Bonchev–Trinajstić information content (AvgIpc) is 3.07. The number of hydrogen-bond donors (Lipinski definition) is 0. The highest BCUT2D eigenvalue weighted by Crippen LogP contribution is 2.29. The van der Waals surface area contributed by atoms with E-state index in [1.165, 1.54) is 10.5 Å². The summed E-state index contributed by atoms with van der Waals surface area (Å²) in [6.45, 7) is 2.04. The molecule has 0 bridgehead atoms. The van der Waals surface area contributed by atoms with Crippen molar-refractivity contribution >= 4 is 12.0 Å². The smallest absolute Gasteiger partial charge is 0.417 e. The monoisotopic (exact) mass is 399 g/mol. The first-order valence-electron chi connectivity index (χ1n) is 10.3. The molecule has 0 aromatic heterocycles. The minimum absolute atomic E-state index is 0.154. The molecule has 2 amide bonds. The number of ether oxygens (including phenoxy) is 1. The molecule has 4 heteroatoms. The van der Waals surface area contributed by atoms with Crippen molar-refractivity contribution < 1.29 is 14.3 Å². The lowest BCUT2D eigenvalue weighted by Crippen LogP contribution is -2.40. The molecule has 1 fully saturated rings. The zero-order chi connectivity index (χ0) is 20.9. The molecule has 1 heterocycles. The quantitative estimate of drug-likeness (QED) is 0.571. The van der Waals surface area contributed by atoms with Gasteiger partial charge in [-0.2, -0.15) is 0 Å². The summed E-state index contributed by atoms with van der Waals surface area (Å²) >= 11 is 0. The topological polar surface area (TPSA) is 46.6 Å². The maximum atomic E-state index is 12.7. The molecular formula is C26H25NO3. The number of likely N-dealkylation sites (tertiary alicyclic amines) is 1. The molecule has 3 aromatic rings. The van der Waals surface area contributed by atoms with Gasteiger partial charge in [0, 0.05) is 12.0 Å². The summed E-state index contributed by atoms with van der Waals surface area (Å²) in [5.74, 6) is -0.332. The van der Waals surface area contributed by atoms with Gasteiger partial charge in [-0.1, -0.05) is 91.9 Å². The number of benzene rings is 3. The van der Waals surface area contributed by atoms with Crippen molar-refractivity contribution in [1.29, 1.82) is 0 Å². The summed E-state index contributed by atoms with van der Waals surface area (Å²) in [6.07, 6.45) is 0.727. The van der Waals surface area contributed by atoms with Crippen LogP contribution in [0.15, 0.2) is 84.9 Å². The second-order valence-electron chi connectivity index (χ2n) is 7.81. The zero-order valence-corrected chi connectivity index (χ0v) is 17.0. The van der Waals surface area contributed by atoms with Gasteiger partial charge in [-0.15, -0.1) is 0 Å². The lowest BCUT2D eigenvalue weighted by atomic mass is 9.98. The highest BCUT2D eigenvalue weighted by atomic mass is 16.6. The van der Waals surface area contributed by atoms with Crippen molar-refractivity contribution in [1.82, 2.24) is 4.90 Å². The lowest BCUT2D eigenvalue weighted by molar-refractivity contribution is -0.130. The van der Waals surface area contributed by atoms with Crippen LogP contribution in [-0.2, 0) is 22.6 Å². The van der Waals surface area contributed by atoms with Gasteiger partial charge in [0.15, 0.2) is 0 Å². The number of imide groups is 1. The second kappa shape index (κ2) is 8.95. The van der Waals surface area contributed by atoms with Crippen LogP contribution in [0.5, 0.6) is 0 Å². The van der Waals surface area contributed by atoms with E-state index in [1.54, 1.807) is 0 Å². The van der Waals surface area contributed by atoms with E-state index in [4.69, 9.17) is 4.74 Å². The van der Waals surface area contributed by atoms with E-state index >= 15 is 0 Å². The molecule has 2 atom stereocenters. The Morgan fingerprint density at radius 1 is 0.867 bits per heavy atom. The van der Waals surface area contributed by atoms with Gasteiger partial charge in [-0.05, 0) is 35.1 Å². The summed E-state index contributed by atoms with van der Waals surface area (Å²) in [5.41, 5.74) is 4.32. The van der Waals surface area contributed by atoms with Crippen LogP contribution in [-0.4, -0.2) is 22.9 Å². The average molecular weight is 399 g/mol. The molecule has 0 aliphatic carbocycles. The SMILES string of the molecule is CC1CC(Cc2ccc(-c3ccccc3)cc2)N(C(=O)OCc2ccccc2)C1=O. The maximum absolute atomic E-state index is 12.7. The van der Waals surface area contributed by atoms with E-state index < -0.39 is 6.09 Å². The van der Waals surface area contributed by atoms with Gasteiger partial charge in [0.25, 0.3) is 0 Å². The number of rotatable bonds is 5. The predicted molar refractivity (Wildman–Crippen MR) is 117 cm³/mol. The Morgan fingerprint density at radius 2 is 1.47 bits per heavy atom. The fourth-order valence-electron chi connectivity index (χ4n) is 3.97. The van der Waals surface area contributed by atoms with Crippen molar-refractivity contribution in [3.63, 3.8) is 0 Å². The zero-order valence-electron chi connectivity index (χ0n) is 17.0. The van der Waals surface area contributed by atoms with E-state index in [2.05, 4.69) is 36.4 Å². The molecular weight excluding hydrogens is 374 g/mol. The van der Waals surface area contributed by atoms with Crippen molar-refractivity contribution in [2.24, 2.45) is 5.92 Å². The Morgan fingerprint density at radius 3 is 2.13 bits per heavy atom. The lowest BCUT2D eigenvalue weighted by Gasteiger charge is -2.22. The first-order valence-corrected chi connectivity index (χ1v) is 10.3. The number of carbonyl (C=O) groups is 2. The van der Waals surface area contributed by atoms with E-state index in [0.717, 1.165) is 16.7 Å². The van der Waals surface area contributed by atoms with Gasteiger partial charge in [0.2, 0.25) is 5.91 Å². The summed E-state index contributed by atoms with van der Waals surface area (Å²) in [4.78, 5) is 26.6. The largest absolute Gasteiger partial charge is 0.444 e. The van der Waals surface area contributed by atoms with Gasteiger partial charge in [-0.25, -0.2) is 9.69 Å². The Labute approximate surface area is 177 Å². The standard InChI is InChI=1S/C26H25NO3/c1-19-16-24(17-20-12-14-23(15-13-20)22-10-6-3-7-11-22)27(25(19)28)26(29)30-18-21-8-4-2-5-9-21/h2-15,19,24H,16-18H2,1H3. The summed E-state index contributed by atoms with van der Waals surface area (Å²) < 4.78 is 5.44. The molecule has 2 unspecified atom stereocenters. The molecule has 0 spiro atoms. The first-order chi connectivity index (χ1) is 14.6. The van der Waals surface area contributed by atoms with Crippen molar-refractivity contribution in [3.05, 3.63) is 96.1 Å². The number of hydrogen-bond acceptors (Lipinski definition) is 3. The van der Waals surface area contributed by atoms with Crippen LogP contribution in [0, 0.1) is 5.92 Å². The van der Waals surface area contributed by atoms with Crippen LogP contribution in [0.4, 0.5) is 4.79 Å². The Kier molecular flexibility index (Phi) is 5.94. The van der Waals surface area contributed by atoms with Gasteiger partial charge in [0.1, 0.15) is 6.61 Å². The highest BCUT2D eigenvalue weighted by molar-refractivity contribution is 5.95. The molecule has 30 heavy (non-hydrogen) atoms. The molecule has 0 saturated carbocycles. The van der Waals surface area contributed by atoms with Gasteiger partial charge < -0.3 is 4.74 Å². The van der Waals surface area contributed by atoms with Crippen LogP contribution in [0.2, 0.25) is 0 Å².